The van der Waals surface area contributed by atoms with Crippen LogP contribution in [-0.4, -0.2) is 43.5 Å². The smallest absolute Gasteiger partial charge is 0.254 e. The van der Waals surface area contributed by atoms with Crippen LogP contribution >= 0.6 is 0 Å². The van der Waals surface area contributed by atoms with Gasteiger partial charge in [0, 0.05) is 44.1 Å². The number of aryl methyl sites for hydroxylation is 2. The molecule has 3 aromatic rings. The monoisotopic (exact) mass is 364 g/mol. The first-order valence-corrected chi connectivity index (χ1v) is 9.34. The molecule has 0 spiro atoms. The number of piperidine rings is 1. The number of aliphatic hydroxyl groups excluding tert-OH is 1. The Kier molecular flexibility index (Phi) is 4.66. The molecular formula is C21H24N4O2. The molecule has 1 N–H and O–H groups in total. The molecule has 6 heteroatoms. The van der Waals surface area contributed by atoms with Gasteiger partial charge < -0.3 is 14.6 Å². The van der Waals surface area contributed by atoms with Crippen molar-refractivity contribution in [1.82, 2.24) is 19.4 Å². The molecule has 27 heavy (non-hydrogen) atoms. The minimum atomic E-state index is -0.591. The van der Waals surface area contributed by atoms with E-state index in [4.69, 9.17) is 0 Å². The van der Waals surface area contributed by atoms with E-state index in [1.165, 1.54) is 0 Å². The Morgan fingerprint density at radius 2 is 1.96 bits per heavy atom. The molecule has 1 saturated heterocycles. The standard InChI is InChI=1S/C21H24N4O2/c1-14-3-4-18-17(13-14)16(5-8-22-18)21(27)25-10-6-15(7-11-25)19(26)20-23-9-12-24(20)2/h3-5,8-9,12-13,15,19,26H,6-7,10-11H2,1-2H3. The first-order chi connectivity index (χ1) is 13.0. The van der Waals surface area contributed by atoms with E-state index in [2.05, 4.69) is 9.97 Å². The maximum atomic E-state index is 13.1. The Labute approximate surface area is 158 Å². The van der Waals surface area contributed by atoms with Crippen LogP contribution in [0.1, 0.15) is 40.7 Å². The number of pyridine rings is 1. The third kappa shape index (κ3) is 3.32. The predicted octanol–water partition coefficient (Wildman–Crippen LogP) is 2.86. The molecule has 1 aliphatic rings. The summed E-state index contributed by atoms with van der Waals surface area (Å²) >= 11 is 0. The zero-order valence-corrected chi connectivity index (χ0v) is 15.7. The molecule has 1 aliphatic heterocycles. The van der Waals surface area contributed by atoms with E-state index in [1.54, 1.807) is 18.5 Å². The number of amides is 1. The van der Waals surface area contributed by atoms with E-state index in [1.807, 2.05) is 47.8 Å². The molecule has 0 bridgehead atoms. The highest BCUT2D eigenvalue weighted by molar-refractivity contribution is 6.06. The van der Waals surface area contributed by atoms with Crippen molar-refractivity contribution in [1.29, 1.82) is 0 Å². The number of nitrogens with zero attached hydrogens (tertiary/aromatic N) is 4. The maximum absolute atomic E-state index is 13.1. The van der Waals surface area contributed by atoms with Gasteiger partial charge in [-0.25, -0.2) is 4.98 Å². The summed E-state index contributed by atoms with van der Waals surface area (Å²) in [6, 6.07) is 7.79. The number of likely N-dealkylation sites (tertiary alicyclic amines) is 1. The minimum absolute atomic E-state index is 0.0398. The molecule has 140 valence electrons. The molecule has 1 amide bonds. The van der Waals surface area contributed by atoms with E-state index in [0.29, 0.717) is 24.5 Å². The van der Waals surface area contributed by atoms with Crippen LogP contribution in [0.2, 0.25) is 0 Å². The lowest BCUT2D eigenvalue weighted by atomic mass is 9.90. The van der Waals surface area contributed by atoms with Crippen LogP contribution in [0, 0.1) is 12.8 Å². The normalized spacial score (nSPS) is 16.6. The average molecular weight is 364 g/mol. The van der Waals surface area contributed by atoms with Crippen LogP contribution < -0.4 is 0 Å². The Morgan fingerprint density at radius 3 is 2.67 bits per heavy atom. The molecule has 1 fully saturated rings. The number of hydrogen-bond donors (Lipinski definition) is 1. The quantitative estimate of drug-likeness (QED) is 0.776. The van der Waals surface area contributed by atoms with Crippen LogP contribution in [0.5, 0.6) is 0 Å². The number of fused-ring (bicyclic) bond motifs is 1. The number of aromatic nitrogens is 3. The molecule has 3 heterocycles. The lowest BCUT2D eigenvalue weighted by Gasteiger charge is -2.34. The molecule has 2 aromatic heterocycles. The van der Waals surface area contributed by atoms with Gasteiger partial charge in [0.15, 0.2) is 0 Å². The Bertz CT molecular complexity index is 973. The molecule has 6 nitrogen and oxygen atoms in total. The Balaban J connectivity index is 1.49. The fourth-order valence-corrected chi connectivity index (χ4v) is 3.91. The van der Waals surface area contributed by atoms with Gasteiger partial charge in [-0.2, -0.15) is 0 Å². The minimum Gasteiger partial charge on any atom is -0.385 e. The van der Waals surface area contributed by atoms with Gasteiger partial charge in [0.1, 0.15) is 11.9 Å². The van der Waals surface area contributed by atoms with Crippen molar-refractivity contribution in [3.05, 3.63) is 59.8 Å². The number of carbonyl (C=O) groups excluding carboxylic acids is 1. The van der Waals surface area contributed by atoms with Crippen LogP contribution in [-0.2, 0) is 7.05 Å². The highest BCUT2D eigenvalue weighted by Crippen LogP contribution is 2.31. The lowest BCUT2D eigenvalue weighted by Crippen LogP contribution is -2.40. The lowest BCUT2D eigenvalue weighted by molar-refractivity contribution is 0.0421. The van der Waals surface area contributed by atoms with E-state index >= 15 is 0 Å². The van der Waals surface area contributed by atoms with Gasteiger partial charge in [0.05, 0.1) is 11.1 Å². The third-order valence-electron chi connectivity index (χ3n) is 5.52. The van der Waals surface area contributed by atoms with Gasteiger partial charge in [0.25, 0.3) is 5.91 Å². The molecule has 1 unspecified atom stereocenters. The largest absolute Gasteiger partial charge is 0.385 e. The number of carbonyl (C=O) groups is 1. The third-order valence-corrected chi connectivity index (χ3v) is 5.52. The van der Waals surface area contributed by atoms with E-state index < -0.39 is 6.10 Å². The number of aliphatic hydroxyl groups is 1. The van der Waals surface area contributed by atoms with Crippen molar-refractivity contribution < 1.29 is 9.90 Å². The van der Waals surface area contributed by atoms with Crippen molar-refractivity contribution in [2.75, 3.05) is 13.1 Å². The van der Waals surface area contributed by atoms with Gasteiger partial charge in [-0.3, -0.25) is 9.78 Å². The second kappa shape index (κ2) is 7.12. The van der Waals surface area contributed by atoms with Crippen molar-refractivity contribution in [2.24, 2.45) is 13.0 Å². The summed E-state index contributed by atoms with van der Waals surface area (Å²) in [5.41, 5.74) is 2.65. The number of imidazole rings is 1. The van der Waals surface area contributed by atoms with Gasteiger partial charge in [-0.05, 0) is 43.9 Å². The summed E-state index contributed by atoms with van der Waals surface area (Å²) in [5, 5.41) is 11.5. The first-order valence-electron chi connectivity index (χ1n) is 9.34. The van der Waals surface area contributed by atoms with Gasteiger partial charge in [-0.15, -0.1) is 0 Å². The molecule has 0 aliphatic carbocycles. The predicted molar refractivity (Wildman–Crippen MR) is 103 cm³/mol. The van der Waals surface area contributed by atoms with Crippen molar-refractivity contribution in [2.45, 2.75) is 25.9 Å². The summed E-state index contributed by atoms with van der Waals surface area (Å²) in [7, 11) is 1.89. The zero-order valence-electron chi connectivity index (χ0n) is 15.7. The van der Waals surface area contributed by atoms with Crippen LogP contribution in [0.25, 0.3) is 10.9 Å². The van der Waals surface area contributed by atoms with Gasteiger partial charge in [-0.1, -0.05) is 11.6 Å². The summed E-state index contributed by atoms with van der Waals surface area (Å²) < 4.78 is 1.85. The number of hydrogen-bond acceptors (Lipinski definition) is 4. The van der Waals surface area contributed by atoms with Crippen molar-refractivity contribution in [3.8, 4) is 0 Å². The van der Waals surface area contributed by atoms with Crippen molar-refractivity contribution >= 4 is 16.8 Å². The molecule has 0 saturated carbocycles. The highest BCUT2D eigenvalue weighted by atomic mass is 16.3. The maximum Gasteiger partial charge on any atom is 0.254 e. The Morgan fingerprint density at radius 1 is 1.19 bits per heavy atom. The van der Waals surface area contributed by atoms with Crippen LogP contribution in [0.15, 0.2) is 42.9 Å². The van der Waals surface area contributed by atoms with Gasteiger partial charge in [0.2, 0.25) is 0 Å². The second-order valence-corrected chi connectivity index (χ2v) is 7.35. The summed E-state index contributed by atoms with van der Waals surface area (Å²) in [5.74, 6) is 0.847. The van der Waals surface area contributed by atoms with E-state index in [9.17, 15) is 9.90 Å². The van der Waals surface area contributed by atoms with E-state index in [-0.39, 0.29) is 11.8 Å². The molecule has 0 radical (unpaired) electrons. The Hall–Kier alpha value is -2.73. The fourth-order valence-electron chi connectivity index (χ4n) is 3.91. The SMILES string of the molecule is Cc1ccc2nccc(C(=O)N3CCC(C(O)c4nccn4C)CC3)c2c1. The summed E-state index contributed by atoms with van der Waals surface area (Å²) in [6.45, 7) is 3.30. The number of rotatable bonds is 3. The van der Waals surface area contributed by atoms with E-state index in [0.717, 1.165) is 29.3 Å². The molecular weight excluding hydrogens is 340 g/mol. The zero-order chi connectivity index (χ0) is 19.0. The van der Waals surface area contributed by atoms with Crippen LogP contribution in [0.3, 0.4) is 0 Å². The summed E-state index contributed by atoms with van der Waals surface area (Å²) in [6.07, 6.45) is 6.18. The first kappa shape index (κ1) is 17.7. The number of benzene rings is 1. The average Bonchev–Trinajstić information content (AvgIpc) is 3.12. The molecule has 1 atom stereocenters. The van der Waals surface area contributed by atoms with Crippen LogP contribution in [0.4, 0.5) is 0 Å². The summed E-state index contributed by atoms with van der Waals surface area (Å²) in [4.78, 5) is 23.6. The second-order valence-electron chi connectivity index (χ2n) is 7.35. The highest BCUT2D eigenvalue weighted by Gasteiger charge is 2.30. The van der Waals surface area contributed by atoms with Crippen molar-refractivity contribution in [3.63, 3.8) is 0 Å². The molecule has 4 rings (SSSR count). The topological polar surface area (TPSA) is 71.2 Å². The fraction of sp³-hybridized carbons (Fsp3) is 0.381. The van der Waals surface area contributed by atoms with Gasteiger partial charge >= 0.3 is 0 Å². The molecule has 1 aromatic carbocycles.